The first kappa shape index (κ1) is 10.8. The highest BCUT2D eigenvalue weighted by Gasteiger charge is 2.46. The lowest BCUT2D eigenvalue weighted by molar-refractivity contribution is 0.630. The van der Waals surface area contributed by atoms with Crippen LogP contribution < -0.4 is 22.3 Å². The van der Waals surface area contributed by atoms with E-state index in [4.69, 9.17) is 5.73 Å². The molecule has 6 heteroatoms. The Labute approximate surface area is 92.5 Å². The molecule has 1 aromatic rings. The van der Waals surface area contributed by atoms with Gasteiger partial charge in [0.2, 0.25) is 0 Å². The Bertz CT molecular complexity index is 541. The van der Waals surface area contributed by atoms with Gasteiger partial charge in [-0.25, -0.2) is 4.79 Å². The fourth-order valence-electron chi connectivity index (χ4n) is 1.66. The van der Waals surface area contributed by atoms with Crippen LogP contribution in [0.5, 0.6) is 0 Å². The summed E-state index contributed by atoms with van der Waals surface area (Å²) < 4.78 is 1.22. The standard InChI is InChI=1S/C10H16N4O2/c1-10(2)4-5(10)12-6-7(11)14(3)9(16)13-8(6)15/h5,12H,4,11H2,1-3H3,(H,13,15,16). The van der Waals surface area contributed by atoms with Crippen molar-refractivity contribution in [2.75, 3.05) is 11.1 Å². The number of hydrogen-bond donors (Lipinski definition) is 3. The highest BCUT2D eigenvalue weighted by molar-refractivity contribution is 5.61. The van der Waals surface area contributed by atoms with Gasteiger partial charge in [0.1, 0.15) is 11.5 Å². The SMILES string of the molecule is Cn1c(N)c(NC2CC2(C)C)c(=O)[nH]c1=O. The van der Waals surface area contributed by atoms with Gasteiger partial charge in [0.25, 0.3) is 5.56 Å². The third-order valence-corrected chi connectivity index (χ3v) is 3.20. The van der Waals surface area contributed by atoms with Gasteiger partial charge in [-0.3, -0.25) is 14.3 Å². The molecule has 2 rings (SSSR count). The molecule has 0 bridgehead atoms. The van der Waals surface area contributed by atoms with Crippen molar-refractivity contribution in [2.45, 2.75) is 26.3 Å². The van der Waals surface area contributed by atoms with Crippen LogP contribution in [0.25, 0.3) is 0 Å². The Kier molecular flexibility index (Phi) is 2.11. The monoisotopic (exact) mass is 224 g/mol. The van der Waals surface area contributed by atoms with Crippen LogP contribution in [0, 0.1) is 5.41 Å². The molecule has 6 nitrogen and oxygen atoms in total. The summed E-state index contributed by atoms with van der Waals surface area (Å²) in [6, 6.07) is 0.244. The number of H-pyrrole nitrogens is 1. The molecule has 4 N–H and O–H groups in total. The van der Waals surface area contributed by atoms with Gasteiger partial charge in [-0.1, -0.05) is 13.8 Å². The van der Waals surface area contributed by atoms with E-state index in [0.717, 1.165) is 6.42 Å². The zero-order chi connectivity index (χ0) is 12.1. The summed E-state index contributed by atoms with van der Waals surface area (Å²) in [5, 5.41) is 3.08. The van der Waals surface area contributed by atoms with E-state index in [1.54, 1.807) is 0 Å². The van der Waals surface area contributed by atoms with Crippen LogP contribution in [-0.2, 0) is 7.05 Å². The molecule has 1 heterocycles. The smallest absolute Gasteiger partial charge is 0.329 e. The van der Waals surface area contributed by atoms with Crippen molar-refractivity contribution in [1.82, 2.24) is 9.55 Å². The lowest BCUT2D eigenvalue weighted by atomic mass is 10.2. The predicted molar refractivity (Wildman–Crippen MR) is 62.5 cm³/mol. The molecule has 1 unspecified atom stereocenters. The maximum absolute atomic E-state index is 11.6. The summed E-state index contributed by atoms with van der Waals surface area (Å²) in [4.78, 5) is 25.0. The number of hydrogen-bond acceptors (Lipinski definition) is 4. The first-order valence-corrected chi connectivity index (χ1v) is 5.18. The third kappa shape index (κ3) is 1.60. The maximum Gasteiger partial charge on any atom is 0.329 e. The van der Waals surface area contributed by atoms with Crippen molar-refractivity contribution in [1.29, 1.82) is 0 Å². The Hall–Kier alpha value is -1.72. The van der Waals surface area contributed by atoms with E-state index >= 15 is 0 Å². The molecule has 1 saturated carbocycles. The molecular formula is C10H16N4O2. The molecule has 1 aliphatic rings. The van der Waals surface area contributed by atoms with E-state index in [1.165, 1.54) is 11.6 Å². The second-order valence-corrected chi connectivity index (χ2v) is 4.97. The van der Waals surface area contributed by atoms with Gasteiger partial charge in [-0.2, -0.15) is 0 Å². The lowest BCUT2D eigenvalue weighted by Crippen LogP contribution is -2.33. The molecule has 0 spiro atoms. The Morgan fingerprint density at radius 3 is 2.56 bits per heavy atom. The van der Waals surface area contributed by atoms with Crippen molar-refractivity contribution < 1.29 is 0 Å². The van der Waals surface area contributed by atoms with Gasteiger partial charge < -0.3 is 11.1 Å². The number of nitrogen functional groups attached to an aromatic ring is 1. The van der Waals surface area contributed by atoms with Gasteiger partial charge in [-0.05, 0) is 11.8 Å². The predicted octanol–water partition coefficient (Wildman–Crippen LogP) is -0.134. The summed E-state index contributed by atoms with van der Waals surface area (Å²) in [7, 11) is 1.52. The molecule has 1 fully saturated rings. The molecule has 0 saturated heterocycles. The van der Waals surface area contributed by atoms with Crippen molar-refractivity contribution in [3.63, 3.8) is 0 Å². The summed E-state index contributed by atoms with van der Waals surface area (Å²) in [6.45, 7) is 4.22. The van der Waals surface area contributed by atoms with Crippen LogP contribution in [0.1, 0.15) is 20.3 Å². The van der Waals surface area contributed by atoms with Crippen molar-refractivity contribution >= 4 is 11.5 Å². The lowest BCUT2D eigenvalue weighted by Gasteiger charge is -2.11. The third-order valence-electron chi connectivity index (χ3n) is 3.20. The van der Waals surface area contributed by atoms with Gasteiger partial charge in [0, 0.05) is 13.1 Å². The van der Waals surface area contributed by atoms with Crippen LogP contribution in [0.2, 0.25) is 0 Å². The van der Waals surface area contributed by atoms with E-state index in [1.807, 2.05) is 0 Å². The summed E-state index contributed by atoms with van der Waals surface area (Å²) in [6.07, 6.45) is 0.995. The van der Waals surface area contributed by atoms with Gasteiger partial charge in [-0.15, -0.1) is 0 Å². The van der Waals surface area contributed by atoms with E-state index in [-0.39, 0.29) is 23.0 Å². The molecule has 1 aliphatic carbocycles. The first-order valence-electron chi connectivity index (χ1n) is 5.18. The Morgan fingerprint density at radius 2 is 2.06 bits per heavy atom. The van der Waals surface area contributed by atoms with Gasteiger partial charge >= 0.3 is 5.69 Å². The fourth-order valence-corrected chi connectivity index (χ4v) is 1.66. The summed E-state index contributed by atoms with van der Waals surface area (Å²) in [5.41, 5.74) is 5.25. The quantitative estimate of drug-likeness (QED) is 0.652. The summed E-state index contributed by atoms with van der Waals surface area (Å²) in [5.74, 6) is 0.177. The number of nitrogens with one attached hydrogen (secondary N) is 2. The maximum atomic E-state index is 11.6. The van der Waals surface area contributed by atoms with Crippen molar-refractivity contribution in [2.24, 2.45) is 12.5 Å². The number of anilines is 2. The minimum absolute atomic E-state index is 0.177. The number of nitrogens with zero attached hydrogens (tertiary/aromatic N) is 1. The van der Waals surface area contributed by atoms with Crippen molar-refractivity contribution in [3.8, 4) is 0 Å². The number of rotatable bonds is 2. The first-order chi connectivity index (χ1) is 7.33. The molecule has 0 radical (unpaired) electrons. The highest BCUT2D eigenvalue weighted by atomic mass is 16.2. The van der Waals surface area contributed by atoms with Crippen LogP contribution in [0.15, 0.2) is 9.59 Å². The molecule has 88 valence electrons. The van der Waals surface area contributed by atoms with Gasteiger partial charge in [0.15, 0.2) is 0 Å². The normalized spacial score (nSPS) is 21.8. The highest BCUT2D eigenvalue weighted by Crippen LogP contribution is 2.46. The fraction of sp³-hybridized carbons (Fsp3) is 0.600. The number of nitrogens with two attached hydrogens (primary N) is 1. The Morgan fingerprint density at radius 1 is 1.50 bits per heavy atom. The molecule has 0 amide bonds. The topological polar surface area (TPSA) is 92.9 Å². The van der Waals surface area contributed by atoms with Crippen LogP contribution in [0.4, 0.5) is 11.5 Å². The van der Waals surface area contributed by atoms with E-state index in [2.05, 4.69) is 24.1 Å². The average Bonchev–Trinajstić information content (AvgIpc) is 2.78. The zero-order valence-corrected chi connectivity index (χ0v) is 9.63. The van der Waals surface area contributed by atoms with E-state index in [0.29, 0.717) is 0 Å². The van der Waals surface area contributed by atoms with Crippen LogP contribution in [0.3, 0.4) is 0 Å². The number of aromatic amines is 1. The van der Waals surface area contributed by atoms with Crippen LogP contribution in [-0.4, -0.2) is 15.6 Å². The van der Waals surface area contributed by atoms with E-state index < -0.39 is 11.2 Å². The molecule has 1 atom stereocenters. The average molecular weight is 224 g/mol. The molecule has 1 aromatic heterocycles. The van der Waals surface area contributed by atoms with Crippen molar-refractivity contribution in [3.05, 3.63) is 20.8 Å². The minimum atomic E-state index is -0.497. The molecular weight excluding hydrogens is 208 g/mol. The second-order valence-electron chi connectivity index (χ2n) is 4.97. The second kappa shape index (κ2) is 3.13. The minimum Gasteiger partial charge on any atom is -0.383 e. The summed E-state index contributed by atoms with van der Waals surface area (Å²) >= 11 is 0. The van der Waals surface area contributed by atoms with E-state index in [9.17, 15) is 9.59 Å². The van der Waals surface area contributed by atoms with Crippen LogP contribution >= 0.6 is 0 Å². The Balaban J connectivity index is 2.39. The largest absolute Gasteiger partial charge is 0.383 e. The molecule has 0 aromatic carbocycles. The molecule has 16 heavy (non-hydrogen) atoms. The number of aromatic nitrogens is 2. The zero-order valence-electron chi connectivity index (χ0n) is 9.63. The molecule has 0 aliphatic heterocycles. The van der Waals surface area contributed by atoms with Gasteiger partial charge in [0.05, 0.1) is 0 Å².